The first-order valence-corrected chi connectivity index (χ1v) is 17.0. The Morgan fingerprint density at radius 2 is 1.84 bits per heavy atom. The minimum Gasteiger partial charge on any atom is -0.484 e. The molecule has 49 heavy (non-hydrogen) atoms. The van der Waals surface area contributed by atoms with Gasteiger partial charge in [0, 0.05) is 24.1 Å². The molecule has 2 amide bonds. The van der Waals surface area contributed by atoms with E-state index < -0.39 is 11.8 Å². The number of aliphatic hydroxyl groups is 1. The Balaban J connectivity index is 1.10. The van der Waals surface area contributed by atoms with E-state index in [9.17, 15) is 9.90 Å². The molecule has 256 valence electrons. The lowest BCUT2D eigenvalue weighted by Crippen LogP contribution is -2.38. The van der Waals surface area contributed by atoms with E-state index in [2.05, 4.69) is 37.8 Å². The number of ether oxygens (including phenoxy) is 1. The number of aliphatic hydroxyl groups excluding tert-OH is 1. The SMILES string of the molecule is CC1CCCCN1c1nnc2ccc(O[C@@H]3CC[C@H](NC(=O)Nc4cc(C(C)(C)C)nn4-c4cc(CO)ccc4F)c4ccccc43)cn12. The number of anilines is 2. The second-order valence-electron chi connectivity index (χ2n) is 14.1. The second-order valence-corrected chi connectivity index (χ2v) is 14.1. The van der Waals surface area contributed by atoms with Crippen molar-refractivity contribution in [3.63, 3.8) is 0 Å². The molecule has 0 saturated carbocycles. The number of pyridine rings is 1. The minimum absolute atomic E-state index is 0.141. The predicted molar refractivity (Wildman–Crippen MR) is 186 cm³/mol. The smallest absolute Gasteiger partial charge is 0.320 e. The molecule has 11 nitrogen and oxygen atoms in total. The third-order valence-electron chi connectivity index (χ3n) is 9.58. The molecule has 7 rings (SSSR count). The number of carbonyl (C=O) groups excluding carboxylic acids is 1. The van der Waals surface area contributed by atoms with E-state index in [4.69, 9.17) is 4.74 Å². The fraction of sp³-hybridized carbons (Fsp3) is 0.405. The number of hydrogen-bond acceptors (Lipinski definition) is 7. The zero-order chi connectivity index (χ0) is 34.3. The predicted octanol–water partition coefficient (Wildman–Crippen LogP) is 7.00. The van der Waals surface area contributed by atoms with E-state index in [1.54, 1.807) is 6.07 Å². The van der Waals surface area contributed by atoms with Gasteiger partial charge in [-0.2, -0.15) is 5.10 Å². The van der Waals surface area contributed by atoms with Gasteiger partial charge in [0.15, 0.2) is 5.65 Å². The zero-order valence-corrected chi connectivity index (χ0v) is 28.4. The summed E-state index contributed by atoms with van der Waals surface area (Å²) in [5.74, 6) is 1.37. The largest absolute Gasteiger partial charge is 0.484 e. The number of benzene rings is 2. The van der Waals surface area contributed by atoms with E-state index in [1.807, 2.05) is 67.8 Å². The Hall–Kier alpha value is -4.97. The van der Waals surface area contributed by atoms with Crippen molar-refractivity contribution in [3.05, 3.63) is 95.1 Å². The van der Waals surface area contributed by atoms with Gasteiger partial charge >= 0.3 is 6.03 Å². The van der Waals surface area contributed by atoms with Crippen LogP contribution in [0.2, 0.25) is 0 Å². The van der Waals surface area contributed by atoms with Gasteiger partial charge in [-0.1, -0.05) is 51.1 Å². The van der Waals surface area contributed by atoms with Crippen LogP contribution in [0.3, 0.4) is 0 Å². The van der Waals surface area contributed by atoms with Gasteiger partial charge in [0.1, 0.15) is 29.2 Å². The van der Waals surface area contributed by atoms with Gasteiger partial charge in [0.2, 0.25) is 5.95 Å². The zero-order valence-electron chi connectivity index (χ0n) is 28.4. The normalized spacial score (nSPS) is 19.5. The topological polar surface area (TPSA) is 122 Å². The molecule has 1 aliphatic heterocycles. The van der Waals surface area contributed by atoms with Crippen LogP contribution in [0.15, 0.2) is 66.9 Å². The first kappa shape index (κ1) is 32.6. The second kappa shape index (κ2) is 13.1. The van der Waals surface area contributed by atoms with Gasteiger partial charge in [-0.05, 0) is 80.0 Å². The third-order valence-corrected chi connectivity index (χ3v) is 9.58. The maximum Gasteiger partial charge on any atom is 0.320 e. The number of urea groups is 1. The quantitative estimate of drug-likeness (QED) is 0.171. The highest BCUT2D eigenvalue weighted by Gasteiger charge is 2.31. The summed E-state index contributed by atoms with van der Waals surface area (Å²) in [4.78, 5) is 15.9. The van der Waals surface area contributed by atoms with E-state index in [0.29, 0.717) is 36.0 Å². The summed E-state index contributed by atoms with van der Waals surface area (Å²) in [5, 5.41) is 29.3. The summed E-state index contributed by atoms with van der Waals surface area (Å²) in [6.45, 7) is 8.95. The summed E-state index contributed by atoms with van der Waals surface area (Å²) >= 11 is 0. The van der Waals surface area contributed by atoms with Crippen molar-refractivity contribution in [2.75, 3.05) is 16.8 Å². The maximum atomic E-state index is 15.0. The van der Waals surface area contributed by atoms with Gasteiger partial charge < -0.3 is 20.1 Å². The maximum absolute atomic E-state index is 15.0. The van der Waals surface area contributed by atoms with Crippen molar-refractivity contribution in [2.45, 2.75) is 90.0 Å². The summed E-state index contributed by atoms with van der Waals surface area (Å²) < 4.78 is 25.1. The van der Waals surface area contributed by atoms with Gasteiger partial charge in [-0.15, -0.1) is 10.2 Å². The molecule has 1 unspecified atom stereocenters. The summed E-state index contributed by atoms with van der Waals surface area (Å²) in [6, 6.07) is 17.7. The van der Waals surface area contributed by atoms with Crippen molar-refractivity contribution in [2.24, 2.45) is 0 Å². The molecule has 3 atom stereocenters. The first-order chi connectivity index (χ1) is 23.6. The van der Waals surface area contributed by atoms with Crippen molar-refractivity contribution in [1.82, 2.24) is 29.7 Å². The average Bonchev–Trinajstić information content (AvgIpc) is 3.71. The number of nitrogens with zero attached hydrogens (tertiary/aromatic N) is 6. The Kier molecular flexibility index (Phi) is 8.74. The molecule has 3 aromatic heterocycles. The van der Waals surface area contributed by atoms with Crippen molar-refractivity contribution >= 4 is 23.4 Å². The molecule has 12 heteroatoms. The Bertz CT molecular complexity index is 1980. The standard InChI is InChI=1S/C37H43FN8O3/c1-23-9-7-8-18-44(23)36-42-41-33-17-13-25(21-45(33)36)49-31-16-15-29(26-10-5-6-11-27(26)31)39-35(48)40-34-20-32(37(2,3)4)43-46(34)30-19-24(22-47)12-14-28(30)38/h5-6,10-14,17,19-21,23,29,31,47H,7-9,15-16,18,22H2,1-4H3,(H2,39,40,48)/t23?,29-,31+/m0/s1. The highest BCUT2D eigenvalue weighted by Crippen LogP contribution is 2.39. The monoisotopic (exact) mass is 666 g/mol. The first-order valence-electron chi connectivity index (χ1n) is 17.0. The molecule has 1 saturated heterocycles. The molecular weight excluding hydrogens is 623 g/mol. The van der Waals surface area contributed by atoms with Crippen LogP contribution in [0.25, 0.3) is 11.3 Å². The number of carbonyl (C=O) groups is 1. The van der Waals surface area contributed by atoms with E-state index in [-0.39, 0.29) is 29.9 Å². The molecule has 1 fully saturated rings. The molecule has 3 N–H and O–H groups in total. The Morgan fingerprint density at radius 3 is 2.61 bits per heavy atom. The number of aromatic nitrogens is 5. The van der Waals surface area contributed by atoms with Crippen LogP contribution in [0.1, 0.15) is 94.3 Å². The summed E-state index contributed by atoms with van der Waals surface area (Å²) in [5.41, 5.74) is 3.77. The lowest BCUT2D eigenvalue weighted by molar-refractivity contribution is 0.171. The number of rotatable bonds is 7. The third kappa shape index (κ3) is 6.57. The Morgan fingerprint density at radius 1 is 1.02 bits per heavy atom. The molecule has 0 bridgehead atoms. The number of amides is 2. The van der Waals surface area contributed by atoms with Crippen molar-refractivity contribution < 1.29 is 19.0 Å². The van der Waals surface area contributed by atoms with Crippen LogP contribution in [-0.2, 0) is 12.0 Å². The molecule has 2 aromatic carbocycles. The Labute approximate surface area is 285 Å². The molecule has 2 aliphatic rings. The highest BCUT2D eigenvalue weighted by atomic mass is 19.1. The van der Waals surface area contributed by atoms with E-state index in [0.717, 1.165) is 47.9 Å². The molecular formula is C37H43FN8O3. The van der Waals surface area contributed by atoms with Crippen LogP contribution < -0.4 is 20.3 Å². The average molecular weight is 667 g/mol. The number of halogens is 1. The molecule has 0 radical (unpaired) electrons. The minimum atomic E-state index is -0.516. The van der Waals surface area contributed by atoms with Crippen LogP contribution in [0.4, 0.5) is 21.0 Å². The van der Waals surface area contributed by atoms with Crippen molar-refractivity contribution in [1.29, 1.82) is 0 Å². The number of hydrogen-bond donors (Lipinski definition) is 3. The number of nitrogens with one attached hydrogen (secondary N) is 2. The van der Waals surface area contributed by atoms with Gasteiger partial charge in [-0.25, -0.2) is 13.9 Å². The lowest BCUT2D eigenvalue weighted by atomic mass is 9.85. The molecule has 5 aromatic rings. The van der Waals surface area contributed by atoms with Gasteiger partial charge in [0.25, 0.3) is 0 Å². The van der Waals surface area contributed by atoms with Crippen LogP contribution in [0, 0.1) is 5.82 Å². The van der Waals surface area contributed by atoms with E-state index >= 15 is 4.39 Å². The number of piperidine rings is 1. The van der Waals surface area contributed by atoms with Gasteiger partial charge in [0.05, 0.1) is 24.5 Å². The summed E-state index contributed by atoms with van der Waals surface area (Å²) in [7, 11) is 0. The molecule has 1 aliphatic carbocycles. The van der Waals surface area contributed by atoms with E-state index in [1.165, 1.54) is 29.3 Å². The lowest BCUT2D eigenvalue weighted by Gasteiger charge is -2.33. The molecule has 4 heterocycles. The van der Waals surface area contributed by atoms with Crippen LogP contribution in [0.5, 0.6) is 5.75 Å². The highest BCUT2D eigenvalue weighted by molar-refractivity contribution is 5.89. The number of fused-ring (bicyclic) bond motifs is 2. The fourth-order valence-electron chi connectivity index (χ4n) is 6.86. The van der Waals surface area contributed by atoms with Crippen LogP contribution >= 0.6 is 0 Å². The van der Waals surface area contributed by atoms with Crippen molar-refractivity contribution in [3.8, 4) is 11.4 Å². The summed E-state index contributed by atoms with van der Waals surface area (Å²) in [6.07, 6.45) is 6.60. The van der Waals surface area contributed by atoms with Gasteiger partial charge in [-0.3, -0.25) is 9.72 Å². The van der Waals surface area contributed by atoms with Crippen LogP contribution in [-0.4, -0.2) is 48.1 Å². The molecule has 0 spiro atoms. The fourth-order valence-corrected chi connectivity index (χ4v) is 6.86.